The van der Waals surface area contributed by atoms with Gasteiger partial charge in [0.25, 0.3) is 0 Å². The lowest BCUT2D eigenvalue weighted by atomic mass is 10.1. The first-order valence-electron chi connectivity index (χ1n) is 16.5. The summed E-state index contributed by atoms with van der Waals surface area (Å²) in [7, 11) is 0. The molecule has 0 bridgehead atoms. The molecule has 1 saturated heterocycles. The molecule has 1 fully saturated rings. The van der Waals surface area contributed by atoms with Gasteiger partial charge in [0, 0.05) is 37.5 Å². The summed E-state index contributed by atoms with van der Waals surface area (Å²) in [6.45, 7) is 8.24. The molecule has 3 heterocycles. The molecule has 0 amide bonds. The van der Waals surface area contributed by atoms with E-state index < -0.39 is 0 Å². The number of allylic oxidation sites excluding steroid dienone is 2. The Kier molecular flexibility index (Phi) is 13.9. The van der Waals surface area contributed by atoms with Crippen LogP contribution in [0.25, 0.3) is 0 Å². The zero-order valence-corrected chi connectivity index (χ0v) is 26.9. The minimum Gasteiger partial charge on any atom is -0.449 e. The van der Waals surface area contributed by atoms with Gasteiger partial charge in [-0.2, -0.15) is 0 Å². The molecular formula is C35H52N4O2S. The van der Waals surface area contributed by atoms with Crippen molar-refractivity contribution in [1.29, 1.82) is 0 Å². The molecule has 0 atom stereocenters. The van der Waals surface area contributed by atoms with Crippen molar-refractivity contribution < 1.29 is 9.53 Å². The maximum atomic E-state index is 12.3. The summed E-state index contributed by atoms with van der Waals surface area (Å²) in [5.41, 5.74) is 3.20. The van der Waals surface area contributed by atoms with E-state index in [0.717, 1.165) is 61.2 Å². The monoisotopic (exact) mass is 592 g/mol. The molecule has 0 unspecified atom stereocenters. The predicted octanol–water partition coefficient (Wildman–Crippen LogP) is 9.35. The smallest absolute Gasteiger partial charge is 0.307 e. The van der Waals surface area contributed by atoms with Crippen molar-refractivity contribution in [3.8, 4) is 0 Å². The van der Waals surface area contributed by atoms with Gasteiger partial charge in [-0.3, -0.25) is 9.69 Å². The normalized spacial score (nSPS) is 15.2. The van der Waals surface area contributed by atoms with Crippen molar-refractivity contribution in [1.82, 2.24) is 9.80 Å². The van der Waals surface area contributed by atoms with E-state index in [1.807, 2.05) is 12.1 Å². The van der Waals surface area contributed by atoms with Gasteiger partial charge < -0.3 is 15.0 Å². The molecule has 6 nitrogen and oxygen atoms in total. The maximum absolute atomic E-state index is 12.3. The van der Waals surface area contributed by atoms with E-state index in [2.05, 4.69) is 59.3 Å². The van der Waals surface area contributed by atoms with Gasteiger partial charge in [0.2, 0.25) is 0 Å². The number of para-hydroxylation sites is 2. The zero-order valence-electron chi connectivity index (χ0n) is 26.0. The first-order chi connectivity index (χ1) is 20.6. The number of benzene rings is 1. The molecule has 7 heteroatoms. The lowest BCUT2D eigenvalue weighted by Crippen LogP contribution is -2.49. The predicted molar refractivity (Wildman–Crippen MR) is 179 cm³/mol. The van der Waals surface area contributed by atoms with Gasteiger partial charge in [-0.05, 0) is 57.2 Å². The number of nitrogens with one attached hydrogen (secondary N) is 1. The second kappa shape index (κ2) is 18.1. The number of aryl methyl sites for hydroxylation is 1. The highest BCUT2D eigenvalue weighted by atomic mass is 32.1. The molecule has 2 aromatic rings. The number of hydrogen-bond donors (Lipinski definition) is 1. The van der Waals surface area contributed by atoms with Gasteiger partial charge in [0.05, 0.1) is 16.9 Å². The number of carbonyl (C=O) groups excluding carboxylic acids is 1. The molecule has 0 saturated carbocycles. The number of amidine groups is 1. The van der Waals surface area contributed by atoms with Crippen molar-refractivity contribution in [2.75, 3.05) is 38.2 Å². The van der Waals surface area contributed by atoms with Crippen molar-refractivity contribution in [2.24, 2.45) is 4.99 Å². The van der Waals surface area contributed by atoms with Gasteiger partial charge in [0.15, 0.2) is 0 Å². The first kappa shape index (κ1) is 32.3. The maximum Gasteiger partial charge on any atom is 0.307 e. The standard InChI is InChI=1S/C35H52N4O2S/c1-3-4-5-6-7-8-9-10-11-12-13-14-15-16-17-22-33(40)41-28-38-23-25-39(26-24-38)34-30-27-29(2)42-35(30)37-32-21-19-18-20-31(32)36-34/h10-11,18-21,27,37H,3-9,12-17,22-26,28H2,1-2H3. The van der Waals surface area contributed by atoms with Crippen LogP contribution in [-0.2, 0) is 9.53 Å². The molecular weight excluding hydrogens is 540 g/mol. The molecule has 0 aliphatic carbocycles. The summed E-state index contributed by atoms with van der Waals surface area (Å²) in [5, 5.41) is 4.74. The van der Waals surface area contributed by atoms with E-state index in [1.54, 1.807) is 11.3 Å². The van der Waals surface area contributed by atoms with E-state index in [-0.39, 0.29) is 5.97 Å². The molecule has 230 valence electrons. The van der Waals surface area contributed by atoms with Crippen LogP contribution in [0.3, 0.4) is 0 Å². The molecule has 2 aliphatic heterocycles. The average Bonchev–Trinajstić information content (AvgIpc) is 3.29. The number of anilines is 2. The van der Waals surface area contributed by atoms with E-state index in [1.165, 1.54) is 81.1 Å². The number of ether oxygens (including phenoxy) is 1. The average molecular weight is 593 g/mol. The molecule has 0 spiro atoms. The van der Waals surface area contributed by atoms with E-state index in [4.69, 9.17) is 9.73 Å². The fraction of sp³-hybridized carbons (Fsp3) is 0.600. The summed E-state index contributed by atoms with van der Waals surface area (Å²) < 4.78 is 5.63. The lowest BCUT2D eigenvalue weighted by Gasteiger charge is -2.36. The number of thiophene rings is 1. The number of esters is 1. The number of rotatable bonds is 17. The molecule has 1 N–H and O–H groups in total. The van der Waals surface area contributed by atoms with Crippen LogP contribution >= 0.6 is 11.3 Å². The number of unbranched alkanes of at least 4 members (excludes halogenated alkanes) is 11. The van der Waals surface area contributed by atoms with E-state index in [9.17, 15) is 4.79 Å². The number of nitrogens with zero attached hydrogens (tertiary/aromatic N) is 3. The Labute approximate surface area is 258 Å². The molecule has 2 aliphatic rings. The van der Waals surface area contributed by atoms with Crippen LogP contribution < -0.4 is 5.32 Å². The molecule has 42 heavy (non-hydrogen) atoms. The van der Waals surface area contributed by atoms with Crippen molar-refractivity contribution in [2.45, 2.75) is 104 Å². The van der Waals surface area contributed by atoms with Crippen molar-refractivity contribution in [3.05, 3.63) is 52.9 Å². The number of hydrogen-bond acceptors (Lipinski definition) is 7. The lowest BCUT2D eigenvalue weighted by molar-refractivity contribution is -0.149. The van der Waals surface area contributed by atoms with Gasteiger partial charge in [-0.25, -0.2) is 4.99 Å². The van der Waals surface area contributed by atoms with Crippen molar-refractivity contribution in [3.63, 3.8) is 0 Å². The second-order valence-electron chi connectivity index (χ2n) is 11.8. The van der Waals surface area contributed by atoms with Crippen LogP contribution in [0.15, 0.2) is 47.5 Å². The highest BCUT2D eigenvalue weighted by molar-refractivity contribution is 7.16. The number of piperazine rings is 1. The van der Waals surface area contributed by atoms with Crippen LogP contribution in [0.4, 0.5) is 16.4 Å². The third-order valence-electron chi connectivity index (χ3n) is 8.20. The van der Waals surface area contributed by atoms with Crippen LogP contribution in [0.1, 0.15) is 107 Å². The van der Waals surface area contributed by atoms with Crippen molar-refractivity contribution >= 4 is 39.5 Å². The molecule has 4 rings (SSSR count). The summed E-state index contributed by atoms with van der Waals surface area (Å²) in [4.78, 5) is 23.3. The minimum absolute atomic E-state index is 0.0655. The molecule has 1 aromatic carbocycles. The first-order valence-corrected chi connectivity index (χ1v) is 17.3. The number of aliphatic imine (C=N–C) groups is 1. The highest BCUT2D eigenvalue weighted by Gasteiger charge is 2.26. The Balaban J connectivity index is 1.05. The second-order valence-corrected chi connectivity index (χ2v) is 13.0. The third kappa shape index (κ3) is 10.6. The molecule has 0 radical (unpaired) electrons. The minimum atomic E-state index is -0.0655. The topological polar surface area (TPSA) is 57.2 Å². The number of fused-ring (bicyclic) bond motifs is 2. The summed E-state index contributed by atoms with van der Waals surface area (Å²) in [6.07, 6.45) is 21.7. The van der Waals surface area contributed by atoms with Crippen LogP contribution in [0.2, 0.25) is 0 Å². The van der Waals surface area contributed by atoms with Gasteiger partial charge >= 0.3 is 5.97 Å². The molecule has 1 aromatic heterocycles. The highest BCUT2D eigenvalue weighted by Crippen LogP contribution is 2.39. The van der Waals surface area contributed by atoms with Gasteiger partial charge in [0.1, 0.15) is 17.6 Å². The Hall–Kier alpha value is -2.64. The van der Waals surface area contributed by atoms with Crippen LogP contribution in [0, 0.1) is 6.92 Å². The summed E-state index contributed by atoms with van der Waals surface area (Å²) in [6, 6.07) is 10.5. The Morgan fingerprint density at radius 1 is 0.929 bits per heavy atom. The summed E-state index contributed by atoms with van der Waals surface area (Å²) in [5.74, 6) is 0.969. The Bertz CT molecular complexity index is 1150. The largest absolute Gasteiger partial charge is 0.449 e. The van der Waals surface area contributed by atoms with Crippen LogP contribution in [-0.4, -0.2) is 54.5 Å². The third-order valence-corrected chi connectivity index (χ3v) is 9.16. The van der Waals surface area contributed by atoms with E-state index >= 15 is 0 Å². The fourth-order valence-corrected chi connectivity index (χ4v) is 6.57. The Morgan fingerprint density at radius 3 is 2.33 bits per heavy atom. The van der Waals surface area contributed by atoms with Crippen LogP contribution in [0.5, 0.6) is 0 Å². The Morgan fingerprint density at radius 2 is 1.60 bits per heavy atom. The summed E-state index contributed by atoms with van der Waals surface area (Å²) >= 11 is 1.78. The quantitative estimate of drug-likeness (QED) is 0.113. The zero-order chi connectivity index (χ0) is 29.4. The van der Waals surface area contributed by atoms with Gasteiger partial charge in [-0.15, -0.1) is 11.3 Å². The fourth-order valence-electron chi connectivity index (χ4n) is 5.65. The number of carbonyl (C=O) groups is 1. The van der Waals surface area contributed by atoms with Gasteiger partial charge in [-0.1, -0.05) is 82.6 Å². The SMILES string of the molecule is CCCCCCCCC=CCCCCCCCC(=O)OCN1CCN(C2=Nc3ccccc3Nc3sc(C)cc32)CC1. The van der Waals surface area contributed by atoms with E-state index in [0.29, 0.717) is 13.2 Å².